The van der Waals surface area contributed by atoms with E-state index in [0.29, 0.717) is 12.0 Å². The van der Waals surface area contributed by atoms with Crippen LogP contribution in [0.2, 0.25) is 0 Å². The van der Waals surface area contributed by atoms with Gasteiger partial charge in [0.15, 0.2) is 5.78 Å². The first-order chi connectivity index (χ1) is 7.95. The molecule has 0 radical (unpaired) electrons. The van der Waals surface area contributed by atoms with Gasteiger partial charge in [0, 0.05) is 12.0 Å². The highest BCUT2D eigenvalue weighted by molar-refractivity contribution is 5.97. The van der Waals surface area contributed by atoms with Gasteiger partial charge in [0.2, 0.25) is 0 Å². The van der Waals surface area contributed by atoms with Gasteiger partial charge in [-0.25, -0.2) is 0 Å². The van der Waals surface area contributed by atoms with E-state index in [2.05, 4.69) is 5.32 Å². The SMILES string of the molecule is CCC(=O)C(C)NC(=O)c1ccc(C)c(C)c1. The van der Waals surface area contributed by atoms with Crippen molar-refractivity contribution in [3.05, 3.63) is 34.9 Å². The zero-order valence-electron chi connectivity index (χ0n) is 10.8. The number of carbonyl (C=O) groups is 2. The molecule has 0 aliphatic carbocycles. The first-order valence-electron chi connectivity index (χ1n) is 5.86. The molecule has 1 N–H and O–H groups in total. The molecule has 0 heterocycles. The summed E-state index contributed by atoms with van der Waals surface area (Å²) >= 11 is 0. The molecule has 1 atom stereocenters. The third kappa shape index (κ3) is 3.41. The van der Waals surface area contributed by atoms with Crippen molar-refractivity contribution in [2.45, 2.75) is 40.2 Å². The molecular formula is C14H19NO2. The molecule has 1 rings (SSSR count). The Morgan fingerprint density at radius 3 is 2.41 bits per heavy atom. The molecule has 3 nitrogen and oxygen atoms in total. The molecule has 0 spiro atoms. The maximum absolute atomic E-state index is 11.9. The number of nitrogens with one attached hydrogen (secondary N) is 1. The van der Waals surface area contributed by atoms with Crippen molar-refractivity contribution in [2.24, 2.45) is 0 Å². The van der Waals surface area contributed by atoms with E-state index in [0.717, 1.165) is 11.1 Å². The number of aryl methyl sites for hydroxylation is 2. The van der Waals surface area contributed by atoms with Crippen LogP contribution in [0.25, 0.3) is 0 Å². The Balaban J connectivity index is 2.76. The minimum atomic E-state index is -0.422. The van der Waals surface area contributed by atoms with E-state index in [4.69, 9.17) is 0 Å². The first kappa shape index (κ1) is 13.4. The van der Waals surface area contributed by atoms with Gasteiger partial charge in [0.25, 0.3) is 5.91 Å². The lowest BCUT2D eigenvalue weighted by Gasteiger charge is -2.12. The van der Waals surface area contributed by atoms with Crippen molar-refractivity contribution in [1.82, 2.24) is 5.32 Å². The molecule has 92 valence electrons. The Bertz CT molecular complexity index is 438. The molecule has 1 aromatic rings. The summed E-state index contributed by atoms with van der Waals surface area (Å²) in [6, 6.07) is 5.11. The Morgan fingerprint density at radius 1 is 1.24 bits per heavy atom. The maximum Gasteiger partial charge on any atom is 0.251 e. The maximum atomic E-state index is 11.9. The second kappa shape index (κ2) is 5.62. The fourth-order valence-electron chi connectivity index (χ4n) is 1.55. The van der Waals surface area contributed by atoms with Crippen LogP contribution in [0.3, 0.4) is 0 Å². The molecule has 1 amide bonds. The first-order valence-corrected chi connectivity index (χ1v) is 5.86. The van der Waals surface area contributed by atoms with Gasteiger partial charge >= 0.3 is 0 Å². The average molecular weight is 233 g/mol. The highest BCUT2D eigenvalue weighted by atomic mass is 16.2. The van der Waals surface area contributed by atoms with E-state index in [1.165, 1.54) is 0 Å². The second-order valence-corrected chi connectivity index (χ2v) is 4.31. The summed E-state index contributed by atoms with van der Waals surface area (Å²) < 4.78 is 0. The summed E-state index contributed by atoms with van der Waals surface area (Å²) in [5.74, 6) is -0.149. The minimum absolute atomic E-state index is 0.0437. The van der Waals surface area contributed by atoms with Crippen LogP contribution in [-0.4, -0.2) is 17.7 Å². The Hall–Kier alpha value is -1.64. The van der Waals surface area contributed by atoms with Crippen molar-refractivity contribution in [3.63, 3.8) is 0 Å². The van der Waals surface area contributed by atoms with Crippen LogP contribution in [0.15, 0.2) is 18.2 Å². The predicted molar refractivity (Wildman–Crippen MR) is 68.1 cm³/mol. The van der Waals surface area contributed by atoms with Crippen LogP contribution < -0.4 is 5.32 Å². The molecule has 0 fully saturated rings. The Labute approximate surface area is 102 Å². The van der Waals surface area contributed by atoms with Crippen LogP contribution >= 0.6 is 0 Å². The topological polar surface area (TPSA) is 46.2 Å². The van der Waals surface area contributed by atoms with E-state index in [1.807, 2.05) is 26.0 Å². The number of ketones is 1. The minimum Gasteiger partial charge on any atom is -0.343 e. The highest BCUT2D eigenvalue weighted by Gasteiger charge is 2.14. The lowest BCUT2D eigenvalue weighted by Crippen LogP contribution is -2.38. The predicted octanol–water partition coefficient (Wildman–Crippen LogP) is 2.40. The summed E-state index contributed by atoms with van der Waals surface area (Å²) in [7, 11) is 0. The van der Waals surface area contributed by atoms with Crippen LogP contribution in [0.1, 0.15) is 41.8 Å². The molecule has 0 saturated carbocycles. The van der Waals surface area contributed by atoms with Gasteiger partial charge in [-0.05, 0) is 44.0 Å². The summed E-state index contributed by atoms with van der Waals surface area (Å²) in [6.07, 6.45) is 0.439. The third-order valence-electron chi connectivity index (χ3n) is 2.95. The number of benzene rings is 1. The average Bonchev–Trinajstić information content (AvgIpc) is 2.31. The molecule has 1 aromatic carbocycles. The number of amides is 1. The van der Waals surface area contributed by atoms with Gasteiger partial charge in [0.1, 0.15) is 0 Å². The van der Waals surface area contributed by atoms with E-state index >= 15 is 0 Å². The molecule has 0 aliphatic rings. The summed E-state index contributed by atoms with van der Waals surface area (Å²) in [5, 5.41) is 2.71. The van der Waals surface area contributed by atoms with E-state index in [9.17, 15) is 9.59 Å². The zero-order valence-corrected chi connectivity index (χ0v) is 10.8. The number of rotatable bonds is 4. The molecule has 17 heavy (non-hydrogen) atoms. The van der Waals surface area contributed by atoms with Crippen molar-refractivity contribution in [1.29, 1.82) is 0 Å². The van der Waals surface area contributed by atoms with Crippen molar-refractivity contribution in [2.75, 3.05) is 0 Å². The summed E-state index contributed by atoms with van der Waals surface area (Å²) in [6.45, 7) is 7.47. The molecule has 3 heteroatoms. The molecule has 0 aromatic heterocycles. The molecular weight excluding hydrogens is 214 g/mol. The number of Topliss-reactive ketones (excluding diaryl/α,β-unsaturated/α-hetero) is 1. The molecule has 0 aliphatic heterocycles. The van der Waals surface area contributed by atoms with Crippen LogP contribution in [0, 0.1) is 13.8 Å². The lowest BCUT2D eigenvalue weighted by molar-refractivity contribution is -0.120. The van der Waals surface area contributed by atoms with Gasteiger partial charge in [-0.2, -0.15) is 0 Å². The molecule has 0 saturated heterocycles. The zero-order chi connectivity index (χ0) is 13.0. The van der Waals surface area contributed by atoms with E-state index < -0.39 is 6.04 Å². The molecule has 0 bridgehead atoms. The van der Waals surface area contributed by atoms with E-state index in [-0.39, 0.29) is 11.7 Å². The van der Waals surface area contributed by atoms with Crippen LogP contribution in [0.4, 0.5) is 0 Å². The van der Waals surface area contributed by atoms with E-state index in [1.54, 1.807) is 19.9 Å². The van der Waals surface area contributed by atoms with Gasteiger partial charge in [-0.3, -0.25) is 9.59 Å². The van der Waals surface area contributed by atoms with Crippen LogP contribution in [0.5, 0.6) is 0 Å². The highest BCUT2D eigenvalue weighted by Crippen LogP contribution is 2.10. The second-order valence-electron chi connectivity index (χ2n) is 4.31. The van der Waals surface area contributed by atoms with Crippen LogP contribution in [-0.2, 0) is 4.79 Å². The van der Waals surface area contributed by atoms with Gasteiger partial charge < -0.3 is 5.32 Å². The normalized spacial score (nSPS) is 12.0. The van der Waals surface area contributed by atoms with Crippen molar-refractivity contribution in [3.8, 4) is 0 Å². The lowest BCUT2D eigenvalue weighted by atomic mass is 10.1. The van der Waals surface area contributed by atoms with Crippen molar-refractivity contribution < 1.29 is 9.59 Å². The summed E-state index contributed by atoms with van der Waals surface area (Å²) in [5.41, 5.74) is 2.83. The standard InChI is InChI=1S/C14H19NO2/c1-5-13(16)11(4)15-14(17)12-7-6-9(2)10(3)8-12/h6-8,11H,5H2,1-4H3,(H,15,17). The number of carbonyl (C=O) groups excluding carboxylic acids is 2. The smallest absolute Gasteiger partial charge is 0.251 e. The number of hydrogen-bond donors (Lipinski definition) is 1. The number of hydrogen-bond acceptors (Lipinski definition) is 2. The Morgan fingerprint density at radius 2 is 1.88 bits per heavy atom. The third-order valence-corrected chi connectivity index (χ3v) is 2.95. The summed E-state index contributed by atoms with van der Waals surface area (Å²) in [4.78, 5) is 23.3. The molecule has 1 unspecified atom stereocenters. The van der Waals surface area contributed by atoms with Gasteiger partial charge in [0.05, 0.1) is 6.04 Å². The largest absolute Gasteiger partial charge is 0.343 e. The van der Waals surface area contributed by atoms with Crippen molar-refractivity contribution >= 4 is 11.7 Å². The fourth-order valence-corrected chi connectivity index (χ4v) is 1.55. The Kier molecular flexibility index (Phi) is 4.44. The van der Waals surface area contributed by atoms with Gasteiger partial charge in [-0.1, -0.05) is 13.0 Å². The van der Waals surface area contributed by atoms with Gasteiger partial charge in [-0.15, -0.1) is 0 Å². The quantitative estimate of drug-likeness (QED) is 0.868. The monoisotopic (exact) mass is 233 g/mol. The fraction of sp³-hybridized carbons (Fsp3) is 0.429.